The molecule has 2 heterocycles. The first-order valence-electron chi connectivity index (χ1n) is 6.16. The summed E-state index contributed by atoms with van der Waals surface area (Å²) in [7, 11) is 1.66. The average Bonchev–Trinajstić information content (AvgIpc) is 3.00. The molecule has 1 N–H and O–H groups in total. The zero-order chi connectivity index (χ0) is 14.8. The van der Waals surface area contributed by atoms with Crippen LogP contribution in [-0.4, -0.2) is 54.9 Å². The minimum Gasteiger partial charge on any atom is -0.394 e. The molecule has 0 bridgehead atoms. The third-order valence-electron chi connectivity index (χ3n) is 3.25. The summed E-state index contributed by atoms with van der Waals surface area (Å²) in [4.78, 5) is 21.8. The van der Waals surface area contributed by atoms with Crippen molar-refractivity contribution in [2.24, 2.45) is 0 Å². The zero-order valence-electron chi connectivity index (χ0n) is 11.7. The molecular formula is C13H17N5O2. The molecule has 0 fully saturated rings. The van der Waals surface area contributed by atoms with Gasteiger partial charge in [0.05, 0.1) is 17.7 Å². The molecule has 7 heteroatoms. The van der Waals surface area contributed by atoms with Crippen molar-refractivity contribution in [2.45, 2.75) is 19.4 Å². The molecule has 0 saturated carbocycles. The third-order valence-corrected chi connectivity index (χ3v) is 3.25. The molecule has 0 aromatic carbocycles. The second-order valence-corrected chi connectivity index (χ2v) is 5.08. The van der Waals surface area contributed by atoms with Crippen molar-refractivity contribution in [1.82, 2.24) is 24.6 Å². The molecule has 0 spiro atoms. The van der Waals surface area contributed by atoms with Crippen molar-refractivity contribution >= 4 is 5.91 Å². The number of hydrogen-bond acceptors (Lipinski definition) is 5. The second kappa shape index (κ2) is 5.38. The van der Waals surface area contributed by atoms with Crippen molar-refractivity contribution in [3.05, 3.63) is 36.5 Å². The number of likely N-dealkylation sites (N-methyl/N-ethyl adjacent to an activating group) is 1. The molecule has 0 aliphatic carbocycles. The molecule has 0 atom stereocenters. The smallest absolute Gasteiger partial charge is 0.255 e. The summed E-state index contributed by atoms with van der Waals surface area (Å²) >= 11 is 0. The van der Waals surface area contributed by atoms with Crippen LogP contribution in [0, 0.1) is 0 Å². The first-order valence-corrected chi connectivity index (χ1v) is 6.16. The van der Waals surface area contributed by atoms with Crippen molar-refractivity contribution in [3.8, 4) is 5.82 Å². The topological polar surface area (TPSA) is 84.1 Å². The van der Waals surface area contributed by atoms with Crippen LogP contribution in [0.2, 0.25) is 0 Å². The van der Waals surface area contributed by atoms with Gasteiger partial charge in [0, 0.05) is 13.2 Å². The molecule has 0 aliphatic rings. The number of nitrogens with zero attached hydrogens (tertiary/aromatic N) is 5. The molecule has 0 unspecified atom stereocenters. The van der Waals surface area contributed by atoms with E-state index >= 15 is 0 Å². The second-order valence-electron chi connectivity index (χ2n) is 5.08. The van der Waals surface area contributed by atoms with Gasteiger partial charge < -0.3 is 10.0 Å². The van der Waals surface area contributed by atoms with Gasteiger partial charge in [0.15, 0.2) is 5.82 Å². The van der Waals surface area contributed by atoms with Gasteiger partial charge in [0.25, 0.3) is 5.91 Å². The van der Waals surface area contributed by atoms with E-state index in [2.05, 4.69) is 15.1 Å². The van der Waals surface area contributed by atoms with Gasteiger partial charge in [-0.2, -0.15) is 5.10 Å². The van der Waals surface area contributed by atoms with Gasteiger partial charge >= 0.3 is 0 Å². The van der Waals surface area contributed by atoms with Gasteiger partial charge in [0.2, 0.25) is 0 Å². The van der Waals surface area contributed by atoms with Crippen LogP contribution in [0.15, 0.2) is 31.0 Å². The number of rotatable bonds is 4. The van der Waals surface area contributed by atoms with Gasteiger partial charge in [-0.3, -0.25) is 4.79 Å². The number of aromatic nitrogens is 4. The Kier molecular flexibility index (Phi) is 3.80. The van der Waals surface area contributed by atoms with E-state index < -0.39 is 5.54 Å². The van der Waals surface area contributed by atoms with Crippen LogP contribution in [0.5, 0.6) is 0 Å². The van der Waals surface area contributed by atoms with E-state index in [1.54, 1.807) is 33.0 Å². The molecule has 20 heavy (non-hydrogen) atoms. The van der Waals surface area contributed by atoms with Gasteiger partial charge in [-0.1, -0.05) is 0 Å². The minimum absolute atomic E-state index is 0.111. The fourth-order valence-electron chi connectivity index (χ4n) is 1.55. The quantitative estimate of drug-likeness (QED) is 0.878. The van der Waals surface area contributed by atoms with Crippen molar-refractivity contribution in [3.63, 3.8) is 0 Å². The van der Waals surface area contributed by atoms with E-state index in [9.17, 15) is 9.90 Å². The number of pyridine rings is 1. The monoisotopic (exact) mass is 275 g/mol. The third kappa shape index (κ3) is 2.67. The van der Waals surface area contributed by atoms with Crippen LogP contribution >= 0.6 is 0 Å². The summed E-state index contributed by atoms with van der Waals surface area (Å²) in [5.74, 6) is 0.393. The normalized spacial score (nSPS) is 11.4. The highest BCUT2D eigenvalue weighted by atomic mass is 16.3. The zero-order valence-corrected chi connectivity index (χ0v) is 11.7. The van der Waals surface area contributed by atoms with Gasteiger partial charge in [-0.25, -0.2) is 14.6 Å². The molecule has 7 nitrogen and oxygen atoms in total. The summed E-state index contributed by atoms with van der Waals surface area (Å²) in [6, 6.07) is 3.37. The van der Waals surface area contributed by atoms with E-state index in [-0.39, 0.29) is 12.5 Å². The van der Waals surface area contributed by atoms with Gasteiger partial charge in [-0.05, 0) is 26.0 Å². The highest BCUT2D eigenvalue weighted by Gasteiger charge is 2.27. The summed E-state index contributed by atoms with van der Waals surface area (Å²) in [5.41, 5.74) is -0.167. The SMILES string of the molecule is CN(C(=O)c1ccc(-n2cncn2)nc1)C(C)(C)CO. The van der Waals surface area contributed by atoms with E-state index in [0.717, 1.165) is 0 Å². The number of aliphatic hydroxyl groups excluding tert-OH is 1. The van der Waals surface area contributed by atoms with Crippen LogP contribution in [0.3, 0.4) is 0 Å². The number of aliphatic hydroxyl groups is 1. The number of amides is 1. The van der Waals surface area contributed by atoms with E-state index in [4.69, 9.17) is 0 Å². The van der Waals surface area contributed by atoms with E-state index in [1.807, 2.05) is 0 Å². The molecule has 2 aromatic heterocycles. The molecule has 0 aliphatic heterocycles. The summed E-state index contributed by atoms with van der Waals surface area (Å²) < 4.78 is 1.51. The van der Waals surface area contributed by atoms with Crippen LogP contribution in [0.4, 0.5) is 0 Å². The van der Waals surface area contributed by atoms with Gasteiger partial charge in [-0.15, -0.1) is 0 Å². The Morgan fingerprint density at radius 2 is 2.20 bits per heavy atom. The minimum atomic E-state index is -0.623. The number of hydrogen-bond donors (Lipinski definition) is 1. The lowest BCUT2D eigenvalue weighted by molar-refractivity contribution is 0.0473. The molecule has 2 aromatic rings. The van der Waals surface area contributed by atoms with E-state index in [1.165, 1.54) is 28.4 Å². The summed E-state index contributed by atoms with van der Waals surface area (Å²) in [5, 5.41) is 13.3. The van der Waals surface area contributed by atoms with Crippen LogP contribution < -0.4 is 0 Å². The molecule has 2 rings (SSSR count). The maximum absolute atomic E-state index is 12.3. The lowest BCUT2D eigenvalue weighted by Crippen LogP contribution is -2.47. The lowest BCUT2D eigenvalue weighted by atomic mass is 10.0. The Balaban J connectivity index is 2.20. The standard InChI is InChI=1S/C13H17N5O2/c1-13(2,7-19)17(3)12(20)10-4-5-11(15-6-10)18-9-14-8-16-18/h4-6,8-9,19H,7H2,1-3H3. The Morgan fingerprint density at radius 3 is 2.70 bits per heavy atom. The van der Waals surface area contributed by atoms with Crippen molar-refractivity contribution in [1.29, 1.82) is 0 Å². The first-order chi connectivity index (χ1) is 9.45. The fourth-order valence-corrected chi connectivity index (χ4v) is 1.55. The fraction of sp³-hybridized carbons (Fsp3) is 0.385. The molecule has 0 radical (unpaired) electrons. The van der Waals surface area contributed by atoms with Crippen LogP contribution in [0.25, 0.3) is 5.82 Å². The average molecular weight is 275 g/mol. The Bertz CT molecular complexity index is 577. The lowest BCUT2D eigenvalue weighted by Gasteiger charge is -2.33. The largest absolute Gasteiger partial charge is 0.394 e. The van der Waals surface area contributed by atoms with Crippen molar-refractivity contribution in [2.75, 3.05) is 13.7 Å². The maximum Gasteiger partial charge on any atom is 0.255 e. The highest BCUT2D eigenvalue weighted by molar-refractivity contribution is 5.94. The summed E-state index contributed by atoms with van der Waals surface area (Å²) in [6.07, 6.45) is 4.44. The predicted molar refractivity (Wildman–Crippen MR) is 72.4 cm³/mol. The molecule has 1 amide bonds. The molecular weight excluding hydrogens is 258 g/mol. The van der Waals surface area contributed by atoms with E-state index in [0.29, 0.717) is 11.4 Å². The highest BCUT2D eigenvalue weighted by Crippen LogP contribution is 2.15. The van der Waals surface area contributed by atoms with Crippen molar-refractivity contribution < 1.29 is 9.90 Å². The summed E-state index contributed by atoms with van der Waals surface area (Å²) in [6.45, 7) is 3.48. The Labute approximate surface area is 116 Å². The Morgan fingerprint density at radius 1 is 1.45 bits per heavy atom. The predicted octanol–water partition coefficient (Wildman–Crippen LogP) is 0.505. The molecule has 106 valence electrons. The maximum atomic E-state index is 12.3. The Hall–Kier alpha value is -2.28. The first kappa shape index (κ1) is 14.1. The molecule has 0 saturated heterocycles. The van der Waals surface area contributed by atoms with Gasteiger partial charge in [0.1, 0.15) is 12.7 Å². The number of carbonyl (C=O) groups is 1. The number of carbonyl (C=O) groups excluding carboxylic acids is 1. The van der Waals surface area contributed by atoms with Crippen LogP contribution in [-0.2, 0) is 0 Å². The van der Waals surface area contributed by atoms with Crippen LogP contribution in [0.1, 0.15) is 24.2 Å².